The van der Waals surface area contributed by atoms with Crippen molar-refractivity contribution < 1.29 is 14.3 Å². The van der Waals surface area contributed by atoms with Gasteiger partial charge in [-0.2, -0.15) is 0 Å². The molecule has 0 saturated carbocycles. The minimum Gasteiger partial charge on any atom is -0.455 e. The van der Waals surface area contributed by atoms with Gasteiger partial charge in [-0.25, -0.2) is 0 Å². The highest BCUT2D eigenvalue weighted by Crippen LogP contribution is 2.58. The summed E-state index contributed by atoms with van der Waals surface area (Å²) in [7, 11) is 0. The zero-order valence-electron chi connectivity index (χ0n) is 20.3. The fourth-order valence-electron chi connectivity index (χ4n) is 6.73. The van der Waals surface area contributed by atoms with E-state index in [4.69, 9.17) is 15.2 Å². The molecule has 1 unspecified atom stereocenters. The van der Waals surface area contributed by atoms with Crippen molar-refractivity contribution in [3.05, 3.63) is 94.0 Å². The SMILES string of the molecule is Cc1ccccc1C1(OC=O)c2cc3c4c(c2Oc2c1ccc1cccc(N)c21)CCCN4CCC3. The van der Waals surface area contributed by atoms with E-state index in [2.05, 4.69) is 30.0 Å². The average molecular weight is 477 g/mol. The molecule has 0 bridgehead atoms. The normalized spacial score (nSPS) is 19.6. The van der Waals surface area contributed by atoms with E-state index in [-0.39, 0.29) is 0 Å². The zero-order valence-corrected chi connectivity index (χ0v) is 20.3. The number of fused-ring (bicyclic) bond motifs is 5. The van der Waals surface area contributed by atoms with Gasteiger partial charge in [0.15, 0.2) is 5.60 Å². The summed E-state index contributed by atoms with van der Waals surface area (Å²) in [5.41, 5.74) is 13.6. The third-order valence-electron chi connectivity index (χ3n) is 8.21. The quantitative estimate of drug-likeness (QED) is 0.290. The lowest BCUT2D eigenvalue weighted by atomic mass is 9.73. The van der Waals surface area contributed by atoms with Gasteiger partial charge < -0.3 is 20.1 Å². The number of carbonyl (C=O) groups is 1. The van der Waals surface area contributed by atoms with Gasteiger partial charge in [0.25, 0.3) is 6.47 Å². The monoisotopic (exact) mass is 476 g/mol. The van der Waals surface area contributed by atoms with E-state index in [1.807, 2.05) is 42.5 Å². The second kappa shape index (κ2) is 7.76. The molecular formula is C31H28N2O3. The van der Waals surface area contributed by atoms with Crippen LogP contribution in [0.4, 0.5) is 11.4 Å². The second-order valence-corrected chi connectivity index (χ2v) is 10.1. The number of rotatable bonds is 3. The highest BCUT2D eigenvalue weighted by atomic mass is 16.5. The number of anilines is 2. The van der Waals surface area contributed by atoms with Gasteiger partial charge in [0.05, 0.1) is 0 Å². The van der Waals surface area contributed by atoms with Crippen LogP contribution in [0.1, 0.15) is 46.2 Å². The van der Waals surface area contributed by atoms with Crippen LogP contribution in [0.3, 0.4) is 0 Å². The molecule has 5 heteroatoms. The molecule has 3 aliphatic rings. The molecule has 0 radical (unpaired) electrons. The summed E-state index contributed by atoms with van der Waals surface area (Å²) < 4.78 is 13.2. The van der Waals surface area contributed by atoms with Gasteiger partial charge in [0.1, 0.15) is 11.5 Å². The van der Waals surface area contributed by atoms with Crippen LogP contribution >= 0.6 is 0 Å². The first-order valence-electron chi connectivity index (χ1n) is 12.7. The van der Waals surface area contributed by atoms with Gasteiger partial charge in [-0.05, 0) is 67.3 Å². The molecule has 4 aromatic rings. The largest absolute Gasteiger partial charge is 0.455 e. The molecule has 5 nitrogen and oxygen atoms in total. The van der Waals surface area contributed by atoms with Gasteiger partial charge in [-0.1, -0.05) is 42.5 Å². The van der Waals surface area contributed by atoms with E-state index in [0.717, 1.165) is 77.5 Å². The lowest BCUT2D eigenvalue weighted by Gasteiger charge is -2.44. The Labute approximate surface area is 210 Å². The maximum Gasteiger partial charge on any atom is 0.294 e. The van der Waals surface area contributed by atoms with E-state index < -0.39 is 5.60 Å². The number of nitrogen functional groups attached to an aromatic ring is 1. The van der Waals surface area contributed by atoms with Crippen molar-refractivity contribution in [3.63, 3.8) is 0 Å². The molecule has 180 valence electrons. The summed E-state index contributed by atoms with van der Waals surface area (Å²) in [5, 5.41) is 1.85. The fraction of sp³-hybridized carbons (Fsp3) is 0.258. The van der Waals surface area contributed by atoms with Crippen LogP contribution in [0.2, 0.25) is 0 Å². The number of ether oxygens (including phenoxy) is 2. The lowest BCUT2D eigenvalue weighted by Crippen LogP contribution is -2.39. The first kappa shape index (κ1) is 21.3. The van der Waals surface area contributed by atoms with Crippen LogP contribution in [0, 0.1) is 6.92 Å². The Kier molecular flexibility index (Phi) is 4.59. The van der Waals surface area contributed by atoms with Crippen LogP contribution < -0.4 is 15.4 Å². The maximum absolute atomic E-state index is 12.3. The highest BCUT2D eigenvalue weighted by molar-refractivity contribution is 6.00. The Hall–Kier alpha value is -3.99. The average Bonchev–Trinajstić information content (AvgIpc) is 2.90. The third-order valence-corrected chi connectivity index (χ3v) is 8.21. The van der Waals surface area contributed by atoms with Crippen molar-refractivity contribution in [2.45, 2.75) is 38.2 Å². The minimum atomic E-state index is -1.14. The van der Waals surface area contributed by atoms with Crippen molar-refractivity contribution in [1.29, 1.82) is 0 Å². The number of hydrogen-bond donors (Lipinski definition) is 1. The van der Waals surface area contributed by atoms with Gasteiger partial charge in [0, 0.05) is 52.1 Å². The molecule has 3 aliphatic heterocycles. The number of aryl methyl sites for hydroxylation is 2. The van der Waals surface area contributed by atoms with E-state index >= 15 is 0 Å². The Balaban J connectivity index is 1.66. The van der Waals surface area contributed by atoms with E-state index in [1.165, 1.54) is 16.8 Å². The summed E-state index contributed by atoms with van der Waals surface area (Å²) in [6.45, 7) is 4.79. The van der Waals surface area contributed by atoms with Crippen molar-refractivity contribution in [2.24, 2.45) is 0 Å². The second-order valence-electron chi connectivity index (χ2n) is 10.1. The van der Waals surface area contributed by atoms with Gasteiger partial charge in [0.2, 0.25) is 0 Å². The molecule has 4 aromatic carbocycles. The van der Waals surface area contributed by atoms with Crippen LogP contribution in [-0.2, 0) is 28.0 Å². The molecule has 0 saturated heterocycles. The fourth-order valence-corrected chi connectivity index (χ4v) is 6.73. The predicted molar refractivity (Wildman–Crippen MR) is 142 cm³/mol. The molecule has 0 amide bonds. The summed E-state index contributed by atoms with van der Waals surface area (Å²) >= 11 is 0. The molecule has 0 fully saturated rings. The number of benzene rings is 4. The number of hydrogen-bond acceptors (Lipinski definition) is 5. The van der Waals surface area contributed by atoms with Crippen molar-refractivity contribution in [2.75, 3.05) is 23.7 Å². The standard InChI is InChI=1S/C31H28N2O3/c1-19-7-2-3-11-23(19)31(35-18-34)24-14-13-20-8-4-12-26(32)27(20)30(24)36-29-22-10-6-16-33-15-5-9-21(28(22)33)17-25(29)31/h2-4,7-8,11-14,17-18H,5-6,9-10,15-16,32H2,1H3. The molecule has 7 rings (SSSR count). The van der Waals surface area contributed by atoms with Crippen molar-refractivity contribution in [3.8, 4) is 11.5 Å². The van der Waals surface area contributed by atoms with Crippen LogP contribution in [0.15, 0.2) is 60.7 Å². The summed E-state index contributed by atoms with van der Waals surface area (Å²) in [5.74, 6) is 1.49. The number of nitrogens with two attached hydrogens (primary N) is 1. The number of nitrogens with zero attached hydrogens (tertiary/aromatic N) is 1. The molecule has 2 N–H and O–H groups in total. The first-order valence-corrected chi connectivity index (χ1v) is 12.7. The Bertz CT molecular complexity index is 1560. The van der Waals surface area contributed by atoms with Crippen molar-refractivity contribution >= 4 is 28.6 Å². The first-order chi connectivity index (χ1) is 17.6. The smallest absolute Gasteiger partial charge is 0.294 e. The highest BCUT2D eigenvalue weighted by Gasteiger charge is 2.49. The van der Waals surface area contributed by atoms with Gasteiger partial charge in [-0.15, -0.1) is 0 Å². The molecule has 1 atom stereocenters. The van der Waals surface area contributed by atoms with Crippen LogP contribution in [0.5, 0.6) is 11.5 Å². The molecule has 0 aliphatic carbocycles. The lowest BCUT2D eigenvalue weighted by molar-refractivity contribution is -0.137. The van der Waals surface area contributed by atoms with Gasteiger partial charge >= 0.3 is 0 Å². The molecule has 0 aromatic heterocycles. The van der Waals surface area contributed by atoms with E-state index in [9.17, 15) is 4.79 Å². The predicted octanol–water partition coefficient (Wildman–Crippen LogP) is 6.00. The molecular weight excluding hydrogens is 448 g/mol. The van der Waals surface area contributed by atoms with E-state index in [0.29, 0.717) is 17.9 Å². The summed E-state index contributed by atoms with van der Waals surface area (Å²) in [6.07, 6.45) is 4.13. The zero-order chi connectivity index (χ0) is 24.4. The summed E-state index contributed by atoms with van der Waals surface area (Å²) in [6, 6.07) is 20.4. The van der Waals surface area contributed by atoms with Gasteiger partial charge in [-0.3, -0.25) is 4.79 Å². The topological polar surface area (TPSA) is 64.8 Å². The molecule has 0 spiro atoms. The van der Waals surface area contributed by atoms with E-state index in [1.54, 1.807) is 0 Å². The van der Waals surface area contributed by atoms with Crippen LogP contribution in [0.25, 0.3) is 10.8 Å². The minimum absolute atomic E-state index is 0.584. The van der Waals surface area contributed by atoms with Crippen molar-refractivity contribution in [1.82, 2.24) is 0 Å². The number of carbonyl (C=O) groups excluding carboxylic acids is 1. The Morgan fingerprint density at radius 2 is 1.78 bits per heavy atom. The molecule has 36 heavy (non-hydrogen) atoms. The summed E-state index contributed by atoms with van der Waals surface area (Å²) in [4.78, 5) is 14.8. The Morgan fingerprint density at radius 3 is 2.61 bits per heavy atom. The maximum atomic E-state index is 12.3. The molecule has 3 heterocycles. The third kappa shape index (κ3) is 2.74. The van der Waals surface area contributed by atoms with Crippen LogP contribution in [-0.4, -0.2) is 19.6 Å². The Morgan fingerprint density at radius 1 is 0.944 bits per heavy atom.